The van der Waals surface area contributed by atoms with E-state index in [4.69, 9.17) is 9.15 Å². The first-order chi connectivity index (χ1) is 19.5. The van der Waals surface area contributed by atoms with Crippen molar-refractivity contribution < 1.29 is 33.7 Å². The second kappa shape index (κ2) is 11.8. The first-order valence-electron chi connectivity index (χ1n) is 15.8. The van der Waals surface area contributed by atoms with Crippen LogP contribution in [0.3, 0.4) is 0 Å². The van der Waals surface area contributed by atoms with Crippen molar-refractivity contribution in [2.45, 2.75) is 127 Å². The van der Waals surface area contributed by atoms with Crippen LogP contribution in [0.4, 0.5) is 0 Å². The monoisotopic (exact) mass is 571 g/mol. The number of unbranched alkanes of at least 4 members (excludes halogenated alkanes) is 3. The third kappa shape index (κ3) is 5.51. The van der Waals surface area contributed by atoms with Crippen LogP contribution in [0.5, 0.6) is 0 Å². The fourth-order valence-corrected chi connectivity index (χ4v) is 9.73. The smallest absolute Gasteiger partial charge is 0.335 e. The molecule has 1 aromatic rings. The lowest BCUT2D eigenvalue weighted by molar-refractivity contribution is -0.305. The predicted octanol–water partition coefficient (Wildman–Crippen LogP) is 4.51. The molecule has 1 aromatic heterocycles. The Kier molecular flexibility index (Phi) is 8.73. The van der Waals surface area contributed by atoms with E-state index < -0.39 is 5.97 Å². The molecular weight excluding hydrogens is 524 g/mol. The summed E-state index contributed by atoms with van der Waals surface area (Å²) < 4.78 is 16.3. The van der Waals surface area contributed by atoms with Gasteiger partial charge in [-0.25, -0.2) is 4.79 Å². The second-order valence-corrected chi connectivity index (χ2v) is 13.8. The number of esters is 1. The summed E-state index contributed by atoms with van der Waals surface area (Å²) in [5.41, 5.74) is 1.44. The van der Waals surface area contributed by atoms with Crippen LogP contribution in [0.15, 0.2) is 27.6 Å². The van der Waals surface area contributed by atoms with Crippen molar-refractivity contribution in [1.29, 1.82) is 0 Å². The lowest BCUT2D eigenvalue weighted by atomic mass is 9.44. The molecule has 0 unspecified atom stereocenters. The van der Waals surface area contributed by atoms with Gasteiger partial charge in [-0.15, -0.1) is 0 Å². The van der Waals surface area contributed by atoms with Gasteiger partial charge in [0, 0.05) is 23.9 Å². The first kappa shape index (κ1) is 30.3. The Hall–Kier alpha value is -2.19. The predicted molar refractivity (Wildman–Crippen MR) is 150 cm³/mol. The third-order valence-corrected chi connectivity index (χ3v) is 11.9. The summed E-state index contributed by atoms with van der Waals surface area (Å²) in [5, 5.41) is 20.2. The van der Waals surface area contributed by atoms with Gasteiger partial charge >= 0.3 is 11.6 Å². The molecule has 1 N–H and O–H groups in total. The van der Waals surface area contributed by atoms with Crippen molar-refractivity contribution >= 4 is 11.9 Å². The molecule has 1 saturated heterocycles. The van der Waals surface area contributed by atoms with Gasteiger partial charge in [-0.3, -0.25) is 4.79 Å². The molecule has 5 fully saturated rings. The molecule has 8 heteroatoms. The van der Waals surface area contributed by atoms with Crippen molar-refractivity contribution in [1.82, 2.24) is 0 Å². The number of carbonyl (C=O) groups is 2. The summed E-state index contributed by atoms with van der Waals surface area (Å²) in [6.07, 6.45) is 14.8. The summed E-state index contributed by atoms with van der Waals surface area (Å²) >= 11 is 0. The highest BCUT2D eigenvalue weighted by atomic mass is 16.6. The molecule has 5 aliphatic rings. The third-order valence-electron chi connectivity index (χ3n) is 11.9. The van der Waals surface area contributed by atoms with Crippen LogP contribution in [-0.2, 0) is 19.1 Å². The Bertz CT molecular complexity index is 1140. The van der Waals surface area contributed by atoms with Crippen LogP contribution in [0, 0.1) is 28.6 Å². The number of aliphatic hydroxyl groups is 1. The molecule has 2 heterocycles. The molecule has 0 bridgehead atoms. The Morgan fingerprint density at radius 3 is 2.44 bits per heavy atom. The molecule has 6 rings (SSSR count). The number of rotatable bonds is 8. The SMILES string of the molecule is COC(=O)CCCCCCC(=O)[O-].C[C@]12CC[C@H](O)C[C@H]1CC[C@@H]1[C@@H]2CC[C@]2(C)[C@@H](c3ccc(=O)oc3)C[C@H]3O[C@]132. The molecule has 0 aromatic carbocycles. The van der Waals surface area contributed by atoms with Crippen LogP contribution >= 0.6 is 0 Å². The van der Waals surface area contributed by atoms with Gasteiger partial charge in [0.25, 0.3) is 0 Å². The van der Waals surface area contributed by atoms with Gasteiger partial charge in [0.2, 0.25) is 0 Å². The van der Waals surface area contributed by atoms with E-state index in [1.807, 2.05) is 6.07 Å². The Labute approximate surface area is 243 Å². The number of aliphatic hydroxyl groups excluding tert-OH is 1. The van der Waals surface area contributed by atoms with Crippen molar-refractivity contribution in [3.63, 3.8) is 0 Å². The van der Waals surface area contributed by atoms with E-state index in [0.717, 1.165) is 44.4 Å². The lowest BCUT2D eigenvalue weighted by Gasteiger charge is -2.61. The van der Waals surface area contributed by atoms with Gasteiger partial charge in [0.15, 0.2) is 0 Å². The Balaban J connectivity index is 0.000000223. The number of epoxide rings is 1. The van der Waals surface area contributed by atoms with Crippen LogP contribution in [0.2, 0.25) is 0 Å². The zero-order valence-electron chi connectivity index (χ0n) is 24.9. The Morgan fingerprint density at radius 2 is 1.76 bits per heavy atom. The van der Waals surface area contributed by atoms with Gasteiger partial charge in [-0.1, -0.05) is 26.7 Å². The summed E-state index contributed by atoms with van der Waals surface area (Å²) in [6, 6.07) is 3.55. The van der Waals surface area contributed by atoms with E-state index in [2.05, 4.69) is 18.6 Å². The normalized spacial score (nSPS) is 40.1. The minimum Gasteiger partial charge on any atom is -0.550 e. The number of carboxylic acid groups (broad SMARTS) is 1. The number of methoxy groups -OCH3 is 1. The highest BCUT2D eigenvalue weighted by Crippen LogP contribution is 2.77. The average Bonchev–Trinajstić information content (AvgIpc) is 3.61. The fourth-order valence-electron chi connectivity index (χ4n) is 9.73. The lowest BCUT2D eigenvalue weighted by Crippen LogP contribution is -2.58. The average molecular weight is 572 g/mol. The molecule has 4 aliphatic carbocycles. The van der Waals surface area contributed by atoms with Crippen LogP contribution in [0.1, 0.15) is 115 Å². The molecule has 41 heavy (non-hydrogen) atoms. The van der Waals surface area contributed by atoms with E-state index >= 15 is 0 Å². The zero-order valence-corrected chi connectivity index (χ0v) is 24.9. The maximum absolute atomic E-state index is 11.4. The van der Waals surface area contributed by atoms with E-state index in [1.165, 1.54) is 44.8 Å². The van der Waals surface area contributed by atoms with Crippen LogP contribution < -0.4 is 10.7 Å². The number of carbonyl (C=O) groups excluding carboxylic acids is 2. The largest absolute Gasteiger partial charge is 0.550 e. The van der Waals surface area contributed by atoms with E-state index in [9.17, 15) is 24.6 Å². The summed E-state index contributed by atoms with van der Waals surface area (Å²) in [4.78, 5) is 32.1. The summed E-state index contributed by atoms with van der Waals surface area (Å²) in [6.45, 7) is 4.97. The number of aliphatic carboxylic acids is 1. The van der Waals surface area contributed by atoms with E-state index in [0.29, 0.717) is 42.1 Å². The highest BCUT2D eigenvalue weighted by molar-refractivity contribution is 5.69. The van der Waals surface area contributed by atoms with Gasteiger partial charge in [-0.05, 0) is 111 Å². The van der Waals surface area contributed by atoms with Gasteiger partial charge < -0.3 is 28.9 Å². The first-order valence-corrected chi connectivity index (χ1v) is 15.8. The topological polar surface area (TPSA) is 129 Å². The number of carboxylic acids is 1. The quantitative estimate of drug-likeness (QED) is 0.274. The van der Waals surface area contributed by atoms with Crippen LogP contribution in [-0.4, -0.2) is 42.0 Å². The van der Waals surface area contributed by atoms with Crippen LogP contribution in [0.25, 0.3) is 0 Å². The van der Waals surface area contributed by atoms with Crippen molar-refractivity contribution in [2.24, 2.45) is 28.6 Å². The minimum atomic E-state index is -1.01. The molecule has 4 saturated carbocycles. The molecule has 228 valence electrons. The number of hydrogen-bond acceptors (Lipinski definition) is 8. The number of hydrogen-bond donors (Lipinski definition) is 1. The molecule has 9 atom stereocenters. The Morgan fingerprint density at radius 1 is 1.00 bits per heavy atom. The van der Waals surface area contributed by atoms with Crippen molar-refractivity contribution in [3.05, 3.63) is 34.4 Å². The van der Waals surface area contributed by atoms with Crippen molar-refractivity contribution in [3.8, 4) is 0 Å². The standard InChI is InChI=1S/C24H32O4.C9H16O4/c1-22-9-7-16(25)11-15(22)4-5-18-17(22)8-10-23(2)19(12-20-24(18,23)28-20)14-3-6-21(26)27-13-14;1-13-9(12)7-5-3-2-4-6-8(10)11/h3,6,13,15-20,25H,4-5,7-12H2,1-2H3;2-7H2,1H3,(H,10,11)/p-1/t15-,16+,17+,18-,19-,20-,22+,23-,24-;/m1./s1. The molecule has 0 radical (unpaired) electrons. The van der Waals surface area contributed by atoms with E-state index in [-0.39, 0.29) is 35.1 Å². The van der Waals surface area contributed by atoms with Gasteiger partial charge in [0.1, 0.15) is 5.60 Å². The molecule has 1 spiro atoms. The second-order valence-electron chi connectivity index (χ2n) is 13.8. The highest BCUT2D eigenvalue weighted by Gasteiger charge is 2.80. The minimum absolute atomic E-state index is 0.0285. The van der Waals surface area contributed by atoms with Gasteiger partial charge in [-0.2, -0.15) is 0 Å². The maximum Gasteiger partial charge on any atom is 0.335 e. The van der Waals surface area contributed by atoms with Gasteiger partial charge in [0.05, 0.1) is 25.6 Å². The molecular formula is C33H47O8-. The zero-order chi connectivity index (χ0) is 29.4. The molecule has 1 aliphatic heterocycles. The summed E-state index contributed by atoms with van der Waals surface area (Å²) in [7, 11) is 1.36. The van der Waals surface area contributed by atoms with Crippen molar-refractivity contribution in [2.75, 3.05) is 7.11 Å². The number of ether oxygens (including phenoxy) is 2. The van der Waals surface area contributed by atoms with E-state index in [1.54, 1.807) is 12.3 Å². The molecule has 0 amide bonds. The number of fused-ring (bicyclic) bond motifs is 3. The summed E-state index contributed by atoms with van der Waals surface area (Å²) in [5.74, 6) is 1.26. The maximum atomic E-state index is 11.4. The molecule has 8 nitrogen and oxygen atoms in total. The fraction of sp³-hybridized carbons (Fsp3) is 0.788.